The second-order valence-corrected chi connectivity index (χ2v) is 5.79. The molecule has 0 bridgehead atoms. The number of hydrogen-bond donors (Lipinski definition) is 0. The number of aromatic nitrogens is 1. The van der Waals surface area contributed by atoms with E-state index < -0.39 is 5.60 Å². The summed E-state index contributed by atoms with van der Waals surface area (Å²) >= 11 is 0. The van der Waals surface area contributed by atoms with Crippen LogP contribution in [0, 0.1) is 0 Å². The van der Waals surface area contributed by atoms with Crippen LogP contribution in [0.3, 0.4) is 0 Å². The molecule has 2 aromatic rings. The number of pyridine rings is 1. The van der Waals surface area contributed by atoms with Gasteiger partial charge >= 0.3 is 6.09 Å². The third kappa shape index (κ3) is 2.37. The molecule has 0 aliphatic carbocycles. The van der Waals surface area contributed by atoms with Gasteiger partial charge in [0.25, 0.3) is 0 Å². The summed E-state index contributed by atoms with van der Waals surface area (Å²) < 4.78 is 5.39. The Labute approximate surface area is 124 Å². The Kier molecular flexibility index (Phi) is 3.16. The van der Waals surface area contributed by atoms with Crippen LogP contribution in [-0.4, -0.2) is 22.7 Å². The van der Waals surface area contributed by atoms with Gasteiger partial charge in [0, 0.05) is 11.8 Å². The highest BCUT2D eigenvalue weighted by Crippen LogP contribution is 2.33. The first-order valence-electron chi connectivity index (χ1n) is 7.03. The largest absolute Gasteiger partial charge is 0.441 e. The summed E-state index contributed by atoms with van der Waals surface area (Å²) in [6.45, 7) is 5.79. The lowest BCUT2D eigenvalue weighted by atomic mass is 10.0. The number of ether oxygens (including phenoxy) is 1. The van der Waals surface area contributed by atoms with Crippen molar-refractivity contribution in [3.63, 3.8) is 0 Å². The minimum Gasteiger partial charge on any atom is -0.441 e. The molecule has 1 saturated heterocycles. The molecule has 1 amide bonds. The molecule has 1 aliphatic rings. The molecule has 4 heteroatoms. The van der Waals surface area contributed by atoms with E-state index in [-0.39, 0.29) is 12.1 Å². The topological polar surface area (TPSA) is 42.4 Å². The number of amides is 1. The molecular weight excluding hydrogens is 264 g/mol. The molecular formula is C17H18N2O2. The predicted molar refractivity (Wildman–Crippen MR) is 82.2 cm³/mol. The van der Waals surface area contributed by atoms with Crippen molar-refractivity contribution < 1.29 is 9.53 Å². The SMILES string of the molecule is CC1N(c2ccc(-c3ccccc3)cn2)C(=O)OC1(C)C. The lowest BCUT2D eigenvalue weighted by Crippen LogP contribution is -2.39. The normalized spacial score (nSPS) is 20.4. The van der Waals surface area contributed by atoms with Gasteiger partial charge in [0.1, 0.15) is 11.4 Å². The fraction of sp³-hybridized carbons (Fsp3) is 0.294. The Morgan fingerprint density at radius 3 is 2.33 bits per heavy atom. The standard InChI is InChI=1S/C17H18N2O2/c1-12-17(2,3)21-16(20)19(12)15-10-9-14(11-18-15)13-7-5-4-6-8-13/h4-12H,1-3H3. The Morgan fingerprint density at radius 2 is 1.81 bits per heavy atom. The Bertz CT molecular complexity index is 650. The van der Waals surface area contributed by atoms with Gasteiger partial charge in [-0.05, 0) is 38.5 Å². The first-order chi connectivity index (χ1) is 9.99. The van der Waals surface area contributed by atoms with E-state index in [0.29, 0.717) is 5.82 Å². The minimum absolute atomic E-state index is 0.0555. The molecule has 1 fully saturated rings. The van der Waals surface area contributed by atoms with Gasteiger partial charge in [-0.2, -0.15) is 0 Å². The van der Waals surface area contributed by atoms with E-state index >= 15 is 0 Å². The molecule has 2 heterocycles. The summed E-state index contributed by atoms with van der Waals surface area (Å²) in [6.07, 6.45) is 1.45. The van der Waals surface area contributed by atoms with Crippen LogP contribution in [0.5, 0.6) is 0 Å². The van der Waals surface area contributed by atoms with E-state index in [4.69, 9.17) is 4.74 Å². The molecule has 0 radical (unpaired) electrons. The summed E-state index contributed by atoms with van der Waals surface area (Å²) in [5.41, 5.74) is 1.63. The molecule has 3 rings (SSSR count). The van der Waals surface area contributed by atoms with E-state index in [2.05, 4.69) is 4.98 Å². The van der Waals surface area contributed by atoms with Crippen LogP contribution >= 0.6 is 0 Å². The maximum absolute atomic E-state index is 12.0. The number of carbonyl (C=O) groups excluding carboxylic acids is 1. The first kappa shape index (κ1) is 13.6. The third-order valence-corrected chi connectivity index (χ3v) is 4.04. The van der Waals surface area contributed by atoms with Gasteiger partial charge in [-0.1, -0.05) is 30.3 Å². The molecule has 1 aromatic carbocycles. The van der Waals surface area contributed by atoms with Gasteiger partial charge in [0.05, 0.1) is 6.04 Å². The maximum atomic E-state index is 12.0. The molecule has 4 nitrogen and oxygen atoms in total. The summed E-state index contributed by atoms with van der Waals surface area (Å²) in [7, 11) is 0. The van der Waals surface area contributed by atoms with Crippen LogP contribution in [0.1, 0.15) is 20.8 Å². The molecule has 1 aromatic heterocycles. The molecule has 1 atom stereocenters. The second kappa shape index (κ2) is 4.88. The van der Waals surface area contributed by atoms with Crippen LogP contribution in [-0.2, 0) is 4.74 Å². The minimum atomic E-state index is -0.503. The second-order valence-electron chi connectivity index (χ2n) is 5.79. The molecule has 0 saturated carbocycles. The number of nitrogens with zero attached hydrogens (tertiary/aromatic N) is 2. The van der Waals surface area contributed by atoms with Crippen molar-refractivity contribution in [3.05, 3.63) is 48.7 Å². The zero-order valence-corrected chi connectivity index (χ0v) is 12.4. The van der Waals surface area contributed by atoms with E-state index in [9.17, 15) is 4.79 Å². The van der Waals surface area contributed by atoms with Crippen LogP contribution in [0.2, 0.25) is 0 Å². The first-order valence-corrected chi connectivity index (χ1v) is 7.03. The number of hydrogen-bond acceptors (Lipinski definition) is 3. The van der Waals surface area contributed by atoms with Crippen molar-refractivity contribution >= 4 is 11.9 Å². The number of benzene rings is 1. The monoisotopic (exact) mass is 282 g/mol. The number of carbonyl (C=O) groups is 1. The molecule has 108 valence electrons. The van der Waals surface area contributed by atoms with Crippen LogP contribution in [0.4, 0.5) is 10.6 Å². The summed E-state index contributed by atoms with van der Waals surface area (Å²) in [4.78, 5) is 18.1. The van der Waals surface area contributed by atoms with Crippen molar-refractivity contribution in [2.24, 2.45) is 0 Å². The average Bonchev–Trinajstić information content (AvgIpc) is 2.68. The Morgan fingerprint density at radius 1 is 1.10 bits per heavy atom. The van der Waals surface area contributed by atoms with E-state index in [1.807, 2.05) is 63.2 Å². The fourth-order valence-corrected chi connectivity index (χ4v) is 2.45. The van der Waals surface area contributed by atoms with Gasteiger partial charge < -0.3 is 4.74 Å². The molecule has 1 unspecified atom stereocenters. The Balaban J connectivity index is 1.90. The quantitative estimate of drug-likeness (QED) is 0.839. The predicted octanol–water partition coefficient (Wildman–Crippen LogP) is 3.87. The van der Waals surface area contributed by atoms with Crippen molar-refractivity contribution in [3.8, 4) is 11.1 Å². The molecule has 0 N–H and O–H groups in total. The van der Waals surface area contributed by atoms with Crippen LogP contribution in [0.25, 0.3) is 11.1 Å². The van der Waals surface area contributed by atoms with Crippen molar-refractivity contribution in [2.45, 2.75) is 32.4 Å². The van der Waals surface area contributed by atoms with Crippen molar-refractivity contribution in [1.29, 1.82) is 0 Å². The van der Waals surface area contributed by atoms with Gasteiger partial charge in [-0.15, -0.1) is 0 Å². The average molecular weight is 282 g/mol. The van der Waals surface area contributed by atoms with Gasteiger partial charge in [-0.25, -0.2) is 9.78 Å². The highest BCUT2D eigenvalue weighted by molar-refractivity contribution is 5.90. The summed E-state index contributed by atoms with van der Waals surface area (Å²) in [6, 6.07) is 13.8. The zero-order valence-electron chi connectivity index (χ0n) is 12.4. The number of rotatable bonds is 2. The highest BCUT2D eigenvalue weighted by Gasteiger charge is 2.46. The van der Waals surface area contributed by atoms with Crippen LogP contribution < -0.4 is 4.90 Å². The molecule has 1 aliphatic heterocycles. The lowest BCUT2D eigenvalue weighted by molar-refractivity contribution is 0.0718. The maximum Gasteiger partial charge on any atom is 0.416 e. The third-order valence-electron chi connectivity index (χ3n) is 4.04. The van der Waals surface area contributed by atoms with E-state index in [1.54, 1.807) is 11.1 Å². The lowest BCUT2D eigenvalue weighted by Gasteiger charge is -2.24. The molecule has 21 heavy (non-hydrogen) atoms. The van der Waals surface area contributed by atoms with Crippen molar-refractivity contribution in [2.75, 3.05) is 4.90 Å². The smallest absolute Gasteiger partial charge is 0.416 e. The van der Waals surface area contributed by atoms with Gasteiger partial charge in [0.2, 0.25) is 0 Å². The summed E-state index contributed by atoms with van der Waals surface area (Å²) in [5, 5.41) is 0. The number of anilines is 1. The van der Waals surface area contributed by atoms with Crippen LogP contribution in [0.15, 0.2) is 48.7 Å². The molecule has 0 spiro atoms. The Hall–Kier alpha value is -2.36. The van der Waals surface area contributed by atoms with E-state index in [1.165, 1.54) is 0 Å². The highest BCUT2D eigenvalue weighted by atomic mass is 16.6. The number of cyclic esters (lactones) is 1. The van der Waals surface area contributed by atoms with Gasteiger partial charge in [0.15, 0.2) is 0 Å². The van der Waals surface area contributed by atoms with Gasteiger partial charge in [-0.3, -0.25) is 4.90 Å². The summed E-state index contributed by atoms with van der Waals surface area (Å²) in [5.74, 6) is 0.623. The fourth-order valence-electron chi connectivity index (χ4n) is 2.45. The van der Waals surface area contributed by atoms with Crippen molar-refractivity contribution in [1.82, 2.24) is 4.98 Å². The zero-order chi connectivity index (χ0) is 15.0. The van der Waals surface area contributed by atoms with E-state index in [0.717, 1.165) is 11.1 Å².